The molecule has 1 amide bonds. The smallest absolute Gasteiger partial charge is 0.407 e. The van der Waals surface area contributed by atoms with Gasteiger partial charge in [-0.15, -0.1) is 0 Å². The highest BCUT2D eigenvalue weighted by Gasteiger charge is 2.58. The largest absolute Gasteiger partial charge is 0.465 e. The molecule has 1 unspecified atom stereocenters. The van der Waals surface area contributed by atoms with E-state index in [1.807, 2.05) is 18.6 Å². The van der Waals surface area contributed by atoms with E-state index in [-0.39, 0.29) is 17.4 Å². The molecular formula is C19H21N3O3. The number of carboxylic acid groups (broad SMARTS) is 1. The van der Waals surface area contributed by atoms with Gasteiger partial charge in [-0.05, 0) is 24.8 Å². The summed E-state index contributed by atoms with van der Waals surface area (Å²) in [6.45, 7) is 1.05. The molecule has 0 bridgehead atoms. The fraction of sp³-hybridized carbons (Fsp3) is 0.474. The highest BCUT2D eigenvalue weighted by Crippen LogP contribution is 2.59. The first kappa shape index (κ1) is 15.0. The predicted molar refractivity (Wildman–Crippen MR) is 91.2 cm³/mol. The lowest BCUT2D eigenvalue weighted by molar-refractivity contribution is -0.155. The zero-order valence-corrected chi connectivity index (χ0v) is 13.9. The minimum atomic E-state index is -0.854. The molecule has 3 heterocycles. The fourth-order valence-corrected chi connectivity index (χ4v) is 5.23. The number of amides is 1. The molecule has 6 nitrogen and oxygen atoms in total. The van der Waals surface area contributed by atoms with Gasteiger partial charge in [-0.1, -0.05) is 24.3 Å². The Morgan fingerprint density at radius 3 is 2.72 bits per heavy atom. The molecule has 1 aromatic heterocycles. The lowest BCUT2D eigenvalue weighted by atomic mass is 9.53. The van der Waals surface area contributed by atoms with Crippen molar-refractivity contribution in [2.24, 2.45) is 11.3 Å². The van der Waals surface area contributed by atoms with Gasteiger partial charge in [0.25, 0.3) is 0 Å². The summed E-state index contributed by atoms with van der Waals surface area (Å²) in [7, 11) is 0. The molecule has 2 fully saturated rings. The molecule has 0 radical (unpaired) electrons. The van der Waals surface area contributed by atoms with Crippen LogP contribution >= 0.6 is 0 Å². The molecule has 6 heteroatoms. The van der Waals surface area contributed by atoms with E-state index in [1.165, 1.54) is 16.0 Å². The summed E-state index contributed by atoms with van der Waals surface area (Å²) < 4.78 is 2.19. The van der Waals surface area contributed by atoms with Gasteiger partial charge >= 0.3 is 6.09 Å². The molecule has 130 valence electrons. The Morgan fingerprint density at radius 1 is 1.24 bits per heavy atom. The summed E-state index contributed by atoms with van der Waals surface area (Å²) in [4.78, 5) is 16.9. The van der Waals surface area contributed by atoms with E-state index in [0.29, 0.717) is 13.1 Å². The predicted octanol–water partition coefficient (Wildman–Crippen LogP) is 2.59. The summed E-state index contributed by atoms with van der Waals surface area (Å²) in [5.41, 5.74) is 3.48. The van der Waals surface area contributed by atoms with Crippen molar-refractivity contribution in [2.45, 2.75) is 31.4 Å². The van der Waals surface area contributed by atoms with Gasteiger partial charge < -0.3 is 19.7 Å². The number of imidazole rings is 1. The van der Waals surface area contributed by atoms with Crippen molar-refractivity contribution in [3.05, 3.63) is 42.4 Å². The molecule has 2 N–H and O–H groups in total. The van der Waals surface area contributed by atoms with Gasteiger partial charge in [-0.2, -0.15) is 0 Å². The Bertz CT molecular complexity index is 838. The first-order chi connectivity index (χ1) is 12.1. The Morgan fingerprint density at radius 2 is 2.00 bits per heavy atom. The molecule has 1 aromatic carbocycles. The molecule has 1 saturated heterocycles. The van der Waals surface area contributed by atoms with Gasteiger partial charge in [0.2, 0.25) is 0 Å². The van der Waals surface area contributed by atoms with Crippen molar-refractivity contribution in [1.29, 1.82) is 0 Å². The van der Waals surface area contributed by atoms with Crippen LogP contribution in [0.25, 0.3) is 11.3 Å². The second-order valence-corrected chi connectivity index (χ2v) is 7.66. The van der Waals surface area contributed by atoms with Crippen molar-refractivity contribution < 1.29 is 15.0 Å². The van der Waals surface area contributed by atoms with E-state index in [9.17, 15) is 9.90 Å². The number of hydrogen-bond donors (Lipinski definition) is 2. The average molecular weight is 339 g/mol. The summed E-state index contributed by atoms with van der Waals surface area (Å²) in [5.74, 6) is 0.160. The number of nitrogens with zero attached hydrogens (tertiary/aromatic N) is 3. The Balaban J connectivity index is 1.41. The molecule has 5 rings (SSSR count). The second kappa shape index (κ2) is 5.08. The quantitative estimate of drug-likeness (QED) is 0.837. The Hall–Kier alpha value is -2.34. The second-order valence-electron chi connectivity index (χ2n) is 7.66. The summed E-state index contributed by atoms with van der Waals surface area (Å²) in [5, 5.41) is 20.2. The van der Waals surface area contributed by atoms with Crippen LogP contribution in [0, 0.1) is 11.3 Å². The molecule has 2 aliphatic heterocycles. The van der Waals surface area contributed by atoms with Crippen LogP contribution in [0.2, 0.25) is 0 Å². The summed E-state index contributed by atoms with van der Waals surface area (Å²) in [6, 6.07) is 8.50. The SMILES string of the molecule is O=C(O)N1CCC2(CC1)C[C@@H]([C@H]1c3ccccc3-c3cncn31)C2O. The number of likely N-dealkylation sites (tertiary alicyclic amines) is 1. The molecule has 3 aliphatic rings. The molecule has 1 aliphatic carbocycles. The number of piperidine rings is 1. The maximum Gasteiger partial charge on any atom is 0.407 e. The van der Waals surface area contributed by atoms with Gasteiger partial charge in [-0.25, -0.2) is 9.78 Å². The summed E-state index contributed by atoms with van der Waals surface area (Å²) >= 11 is 0. The van der Waals surface area contributed by atoms with Gasteiger partial charge in [0.15, 0.2) is 0 Å². The first-order valence-electron chi connectivity index (χ1n) is 8.88. The van der Waals surface area contributed by atoms with Crippen molar-refractivity contribution in [2.75, 3.05) is 13.1 Å². The van der Waals surface area contributed by atoms with Crippen molar-refractivity contribution >= 4 is 6.09 Å². The number of aliphatic hydroxyl groups excluding tert-OH is 1. The van der Waals surface area contributed by atoms with Crippen LogP contribution in [-0.2, 0) is 0 Å². The molecule has 1 spiro atoms. The van der Waals surface area contributed by atoms with Crippen LogP contribution in [0.5, 0.6) is 0 Å². The third-order valence-corrected chi connectivity index (χ3v) is 6.63. The molecule has 2 aromatic rings. The molecule has 25 heavy (non-hydrogen) atoms. The van der Waals surface area contributed by atoms with Gasteiger partial charge in [0.1, 0.15) is 0 Å². The van der Waals surface area contributed by atoms with Gasteiger partial charge in [0.05, 0.1) is 30.4 Å². The minimum Gasteiger partial charge on any atom is -0.465 e. The molecular weight excluding hydrogens is 318 g/mol. The number of rotatable bonds is 1. The van der Waals surface area contributed by atoms with Crippen LogP contribution in [0.3, 0.4) is 0 Å². The maximum atomic E-state index is 11.1. The monoisotopic (exact) mass is 339 g/mol. The van der Waals surface area contributed by atoms with Crippen molar-refractivity contribution in [1.82, 2.24) is 14.5 Å². The zero-order valence-electron chi connectivity index (χ0n) is 13.9. The number of hydrogen-bond acceptors (Lipinski definition) is 3. The lowest BCUT2D eigenvalue weighted by Crippen LogP contribution is -2.59. The standard InChI is InChI=1S/C19H21N3O3/c23-17-14(9-19(17)5-7-21(8-6-19)18(24)25)16-13-4-2-1-3-12(13)15-10-20-11-22(15)16/h1-4,10-11,14,16-17,23H,5-9H2,(H,24,25)/t14-,16+,17?/m0/s1. The van der Waals surface area contributed by atoms with E-state index in [1.54, 1.807) is 0 Å². The Labute approximate surface area is 145 Å². The van der Waals surface area contributed by atoms with Crippen molar-refractivity contribution in [3.8, 4) is 11.3 Å². The Kier molecular flexibility index (Phi) is 3.04. The third-order valence-electron chi connectivity index (χ3n) is 6.63. The normalized spacial score (nSPS) is 29.2. The number of aromatic nitrogens is 2. The van der Waals surface area contributed by atoms with E-state index in [2.05, 4.69) is 27.8 Å². The summed E-state index contributed by atoms with van der Waals surface area (Å²) in [6.07, 6.45) is 4.96. The van der Waals surface area contributed by atoms with Crippen LogP contribution in [0.1, 0.15) is 30.9 Å². The fourth-order valence-electron chi connectivity index (χ4n) is 5.23. The van der Waals surface area contributed by atoms with E-state index < -0.39 is 12.2 Å². The maximum absolute atomic E-state index is 11.1. The van der Waals surface area contributed by atoms with Gasteiger partial charge in [-0.3, -0.25) is 0 Å². The highest BCUT2D eigenvalue weighted by molar-refractivity contribution is 5.69. The number of benzene rings is 1. The minimum absolute atomic E-state index is 0.116. The van der Waals surface area contributed by atoms with Crippen LogP contribution < -0.4 is 0 Å². The van der Waals surface area contributed by atoms with Crippen LogP contribution in [0.4, 0.5) is 4.79 Å². The zero-order chi connectivity index (χ0) is 17.2. The number of fused-ring (bicyclic) bond motifs is 3. The van der Waals surface area contributed by atoms with E-state index in [0.717, 1.165) is 25.0 Å². The number of carbonyl (C=O) groups is 1. The average Bonchev–Trinajstić information content (AvgIpc) is 3.21. The lowest BCUT2D eigenvalue weighted by Gasteiger charge is -2.57. The van der Waals surface area contributed by atoms with E-state index >= 15 is 0 Å². The third kappa shape index (κ3) is 1.94. The van der Waals surface area contributed by atoms with Crippen molar-refractivity contribution in [3.63, 3.8) is 0 Å². The first-order valence-corrected chi connectivity index (χ1v) is 8.88. The highest BCUT2D eigenvalue weighted by atomic mass is 16.4. The van der Waals surface area contributed by atoms with Crippen LogP contribution in [-0.4, -0.2) is 50.0 Å². The number of aliphatic hydroxyl groups is 1. The van der Waals surface area contributed by atoms with E-state index in [4.69, 9.17) is 5.11 Å². The van der Waals surface area contributed by atoms with Gasteiger partial charge in [0, 0.05) is 30.0 Å². The topological polar surface area (TPSA) is 78.6 Å². The van der Waals surface area contributed by atoms with Crippen LogP contribution in [0.15, 0.2) is 36.8 Å². The molecule has 3 atom stereocenters. The molecule has 1 saturated carbocycles.